The van der Waals surface area contributed by atoms with E-state index in [0.29, 0.717) is 11.1 Å². The molecule has 0 atom stereocenters. The number of hydrogen-bond donors (Lipinski definition) is 1. The molecule has 0 amide bonds. The van der Waals surface area contributed by atoms with Crippen LogP contribution < -0.4 is 9.46 Å². The van der Waals surface area contributed by atoms with E-state index in [-0.39, 0.29) is 16.5 Å². The number of aryl methyl sites for hydroxylation is 1. The number of aromatic nitrogens is 2. The Morgan fingerprint density at radius 3 is 2.68 bits per heavy atom. The molecule has 0 fully saturated rings. The molecule has 25 heavy (non-hydrogen) atoms. The van der Waals surface area contributed by atoms with Crippen molar-refractivity contribution in [2.24, 2.45) is 0 Å². The Labute approximate surface area is 156 Å². The maximum atomic E-state index is 12.6. The highest BCUT2D eigenvalue weighted by Gasteiger charge is 2.18. The summed E-state index contributed by atoms with van der Waals surface area (Å²) in [5, 5.41) is 0. The molecule has 1 N–H and O–H groups in total. The van der Waals surface area contributed by atoms with E-state index < -0.39 is 10.0 Å². The molecular formula is C16H21BrN4O3S. The number of nitrogens with zero attached hydrogens (tertiary/aromatic N) is 3. The molecule has 0 aliphatic heterocycles. The minimum Gasteiger partial charge on any atom is -0.476 e. The highest BCUT2D eigenvalue weighted by molar-refractivity contribution is 9.10. The summed E-state index contributed by atoms with van der Waals surface area (Å²) in [5.74, 6) is 0.242. The monoisotopic (exact) mass is 428 g/mol. The molecule has 0 aliphatic rings. The Morgan fingerprint density at radius 2 is 2.00 bits per heavy atom. The second-order valence-electron chi connectivity index (χ2n) is 5.82. The number of ether oxygens (including phenoxy) is 1. The topological polar surface area (TPSA) is 84.4 Å². The summed E-state index contributed by atoms with van der Waals surface area (Å²) < 4.78 is 34.0. The fourth-order valence-electron chi connectivity index (χ4n) is 2.04. The van der Waals surface area contributed by atoms with Gasteiger partial charge in [-0.25, -0.2) is 13.4 Å². The fourth-order valence-corrected chi connectivity index (χ4v) is 3.47. The quantitative estimate of drug-likeness (QED) is 0.650. The third-order valence-electron chi connectivity index (χ3n) is 3.21. The van der Waals surface area contributed by atoms with Crippen LogP contribution in [0.1, 0.15) is 12.0 Å². The van der Waals surface area contributed by atoms with Crippen molar-refractivity contribution in [3.05, 3.63) is 40.8 Å². The molecule has 9 heteroatoms. The molecule has 7 nitrogen and oxygen atoms in total. The van der Waals surface area contributed by atoms with Crippen molar-refractivity contribution < 1.29 is 13.2 Å². The van der Waals surface area contributed by atoms with E-state index in [4.69, 9.17) is 4.74 Å². The molecule has 0 radical (unpaired) electrons. The molecule has 0 aromatic carbocycles. The summed E-state index contributed by atoms with van der Waals surface area (Å²) in [5.41, 5.74) is 1.04. The van der Waals surface area contributed by atoms with Gasteiger partial charge in [-0.2, -0.15) is 0 Å². The van der Waals surface area contributed by atoms with Crippen molar-refractivity contribution in [1.29, 1.82) is 0 Å². The molecule has 0 bridgehead atoms. The summed E-state index contributed by atoms with van der Waals surface area (Å²) >= 11 is 3.30. The van der Waals surface area contributed by atoms with Gasteiger partial charge < -0.3 is 9.64 Å². The zero-order valence-electron chi connectivity index (χ0n) is 14.4. The molecule has 2 heterocycles. The third-order valence-corrected chi connectivity index (χ3v) is 4.98. The zero-order valence-corrected chi connectivity index (χ0v) is 16.8. The van der Waals surface area contributed by atoms with Gasteiger partial charge in [-0.05, 0) is 61.1 Å². The van der Waals surface area contributed by atoms with Gasteiger partial charge >= 0.3 is 0 Å². The third kappa shape index (κ3) is 5.94. The van der Waals surface area contributed by atoms with Crippen LogP contribution in [0, 0.1) is 6.92 Å². The standard InChI is InChI=1S/C16H21BrN4O3S/c1-12-7-14(11-18-9-12)25(22,23)20-15-8-13(17)10-19-16(15)24-6-4-5-21(2)3/h7-11,20H,4-6H2,1-3H3. The van der Waals surface area contributed by atoms with Crippen molar-refractivity contribution in [1.82, 2.24) is 14.9 Å². The Hall–Kier alpha value is -1.71. The van der Waals surface area contributed by atoms with Gasteiger partial charge in [0.15, 0.2) is 0 Å². The van der Waals surface area contributed by atoms with Gasteiger partial charge in [0.1, 0.15) is 10.6 Å². The minimum atomic E-state index is -3.78. The normalized spacial score (nSPS) is 11.6. The van der Waals surface area contributed by atoms with E-state index in [1.807, 2.05) is 19.0 Å². The van der Waals surface area contributed by atoms with E-state index in [1.54, 1.807) is 31.5 Å². The number of anilines is 1. The molecule has 0 saturated carbocycles. The molecule has 0 saturated heterocycles. The molecule has 0 aliphatic carbocycles. The summed E-state index contributed by atoms with van der Waals surface area (Å²) in [4.78, 5) is 10.2. The first-order valence-corrected chi connectivity index (χ1v) is 9.93. The Morgan fingerprint density at radius 1 is 1.24 bits per heavy atom. The van der Waals surface area contributed by atoms with Gasteiger partial charge in [-0.1, -0.05) is 0 Å². The predicted octanol–water partition coefficient (Wildman–Crippen LogP) is 2.68. The Bertz CT molecular complexity index is 828. The lowest BCUT2D eigenvalue weighted by Gasteiger charge is -2.14. The SMILES string of the molecule is Cc1cncc(S(=O)(=O)Nc2cc(Br)cnc2OCCCN(C)C)c1. The van der Waals surface area contributed by atoms with E-state index >= 15 is 0 Å². The number of hydrogen-bond acceptors (Lipinski definition) is 6. The number of nitrogens with one attached hydrogen (secondary N) is 1. The molecule has 0 spiro atoms. The molecule has 2 rings (SSSR count). The van der Waals surface area contributed by atoms with Gasteiger partial charge in [0, 0.05) is 29.6 Å². The Kier molecular flexibility index (Phi) is 6.74. The summed E-state index contributed by atoms with van der Waals surface area (Å²) in [7, 11) is 0.178. The van der Waals surface area contributed by atoms with E-state index in [9.17, 15) is 8.42 Å². The van der Waals surface area contributed by atoms with E-state index in [1.165, 1.54) is 6.20 Å². The minimum absolute atomic E-state index is 0.0889. The molecule has 136 valence electrons. The van der Waals surface area contributed by atoms with Crippen LogP contribution in [0.4, 0.5) is 5.69 Å². The summed E-state index contributed by atoms with van der Waals surface area (Å²) in [6.07, 6.45) is 5.27. The number of halogens is 1. The molecule has 0 unspecified atom stereocenters. The van der Waals surface area contributed by atoms with Crippen LogP contribution >= 0.6 is 15.9 Å². The lowest BCUT2D eigenvalue weighted by molar-refractivity contribution is 0.274. The summed E-state index contributed by atoms with van der Waals surface area (Å²) in [6.45, 7) is 3.09. The number of sulfonamides is 1. The lowest BCUT2D eigenvalue weighted by atomic mass is 10.3. The van der Waals surface area contributed by atoms with Gasteiger partial charge in [0.05, 0.1) is 6.61 Å². The fraction of sp³-hybridized carbons (Fsp3) is 0.375. The zero-order chi connectivity index (χ0) is 18.4. The predicted molar refractivity (Wildman–Crippen MR) is 100 cm³/mol. The average molecular weight is 429 g/mol. The first kappa shape index (κ1) is 19.6. The van der Waals surface area contributed by atoms with Gasteiger partial charge in [-0.3, -0.25) is 9.71 Å². The van der Waals surface area contributed by atoms with Crippen LogP contribution in [-0.4, -0.2) is 50.5 Å². The highest BCUT2D eigenvalue weighted by Crippen LogP contribution is 2.28. The number of pyridine rings is 2. The van der Waals surface area contributed by atoms with Crippen molar-refractivity contribution in [2.45, 2.75) is 18.2 Å². The lowest BCUT2D eigenvalue weighted by Crippen LogP contribution is -2.17. The maximum absolute atomic E-state index is 12.6. The van der Waals surface area contributed by atoms with Crippen molar-refractivity contribution >= 4 is 31.6 Å². The molecule has 2 aromatic heterocycles. The van der Waals surface area contributed by atoms with Crippen LogP contribution in [0.2, 0.25) is 0 Å². The van der Waals surface area contributed by atoms with Crippen molar-refractivity contribution in [3.63, 3.8) is 0 Å². The molecular weight excluding hydrogens is 408 g/mol. The van der Waals surface area contributed by atoms with Gasteiger partial charge in [0.25, 0.3) is 10.0 Å². The van der Waals surface area contributed by atoms with Crippen LogP contribution in [0.3, 0.4) is 0 Å². The average Bonchev–Trinajstić information content (AvgIpc) is 2.52. The van der Waals surface area contributed by atoms with Crippen LogP contribution in [0.15, 0.2) is 40.1 Å². The van der Waals surface area contributed by atoms with Crippen molar-refractivity contribution in [2.75, 3.05) is 32.0 Å². The van der Waals surface area contributed by atoms with Crippen LogP contribution in [0.25, 0.3) is 0 Å². The smallest absolute Gasteiger partial charge is 0.263 e. The van der Waals surface area contributed by atoms with Crippen molar-refractivity contribution in [3.8, 4) is 5.88 Å². The largest absolute Gasteiger partial charge is 0.476 e. The van der Waals surface area contributed by atoms with E-state index in [2.05, 4.69) is 30.6 Å². The highest BCUT2D eigenvalue weighted by atomic mass is 79.9. The number of rotatable bonds is 8. The van der Waals surface area contributed by atoms with E-state index in [0.717, 1.165) is 18.5 Å². The second-order valence-corrected chi connectivity index (χ2v) is 8.41. The summed E-state index contributed by atoms with van der Waals surface area (Å²) in [6, 6.07) is 3.17. The van der Waals surface area contributed by atoms with Crippen LogP contribution in [0.5, 0.6) is 5.88 Å². The first-order valence-electron chi connectivity index (χ1n) is 7.65. The molecule has 2 aromatic rings. The van der Waals surface area contributed by atoms with Gasteiger partial charge in [-0.15, -0.1) is 0 Å². The Balaban J connectivity index is 2.18. The second kappa shape index (κ2) is 8.59. The first-order chi connectivity index (χ1) is 11.8. The maximum Gasteiger partial charge on any atom is 0.263 e. The van der Waals surface area contributed by atoms with Crippen LogP contribution in [-0.2, 0) is 10.0 Å². The van der Waals surface area contributed by atoms with Gasteiger partial charge in [0.2, 0.25) is 5.88 Å².